The Kier molecular flexibility index (Phi) is 7.01. The predicted octanol–water partition coefficient (Wildman–Crippen LogP) is 7.18. The second-order valence-corrected chi connectivity index (χ2v) is 9.74. The van der Waals surface area contributed by atoms with Gasteiger partial charge < -0.3 is 10.3 Å². The molecule has 4 heteroatoms. The van der Waals surface area contributed by atoms with Gasteiger partial charge >= 0.3 is 0 Å². The molecule has 0 atom stereocenters. The third-order valence-electron chi connectivity index (χ3n) is 6.17. The van der Waals surface area contributed by atoms with E-state index >= 15 is 0 Å². The van der Waals surface area contributed by atoms with Crippen molar-refractivity contribution in [2.75, 3.05) is 12.3 Å². The summed E-state index contributed by atoms with van der Waals surface area (Å²) in [6.45, 7) is 2.69. The van der Waals surface area contributed by atoms with E-state index in [-0.39, 0.29) is 11.8 Å². The lowest BCUT2D eigenvalue weighted by Gasteiger charge is -2.18. The first-order valence-electron chi connectivity index (χ1n) is 11.9. The fourth-order valence-corrected chi connectivity index (χ4v) is 5.46. The zero-order valence-electron chi connectivity index (χ0n) is 19.7. The number of aromatic amines is 1. The van der Waals surface area contributed by atoms with E-state index in [9.17, 15) is 4.79 Å². The van der Waals surface area contributed by atoms with E-state index in [0.717, 1.165) is 28.1 Å². The van der Waals surface area contributed by atoms with E-state index in [2.05, 4.69) is 65.8 Å². The molecule has 0 fully saturated rings. The third-order valence-corrected chi connectivity index (χ3v) is 7.30. The summed E-state index contributed by atoms with van der Waals surface area (Å²) in [5.74, 6) is 0.488. The van der Waals surface area contributed by atoms with Crippen molar-refractivity contribution < 1.29 is 4.79 Å². The number of H-pyrrole nitrogens is 1. The van der Waals surface area contributed by atoms with Crippen LogP contribution in [0.5, 0.6) is 0 Å². The summed E-state index contributed by atoms with van der Waals surface area (Å²) in [6.07, 6.45) is 0. The fourth-order valence-electron chi connectivity index (χ4n) is 4.41. The number of amides is 1. The van der Waals surface area contributed by atoms with Crippen LogP contribution in [0.2, 0.25) is 0 Å². The topological polar surface area (TPSA) is 44.9 Å². The molecule has 5 rings (SSSR count). The lowest BCUT2D eigenvalue weighted by molar-refractivity contribution is -0.121. The van der Waals surface area contributed by atoms with E-state index in [1.54, 1.807) is 11.8 Å². The first-order chi connectivity index (χ1) is 17.2. The number of aryl methyl sites for hydroxylation is 1. The summed E-state index contributed by atoms with van der Waals surface area (Å²) >= 11 is 1.78. The minimum absolute atomic E-state index is 0.0284. The van der Waals surface area contributed by atoms with Gasteiger partial charge in [0.25, 0.3) is 0 Å². The fraction of sp³-hybridized carbons (Fsp3) is 0.129. The second-order valence-electron chi connectivity index (χ2n) is 8.63. The van der Waals surface area contributed by atoms with Crippen LogP contribution in [0.4, 0.5) is 0 Å². The quantitative estimate of drug-likeness (QED) is 0.184. The summed E-state index contributed by atoms with van der Waals surface area (Å²) in [5, 5.41) is 4.40. The van der Waals surface area contributed by atoms with Crippen molar-refractivity contribution in [3.05, 3.63) is 126 Å². The van der Waals surface area contributed by atoms with E-state index in [0.29, 0.717) is 6.54 Å². The van der Waals surface area contributed by atoms with Gasteiger partial charge in [-0.05, 0) is 29.7 Å². The van der Waals surface area contributed by atoms with E-state index < -0.39 is 0 Å². The Morgan fingerprint density at radius 1 is 0.800 bits per heavy atom. The zero-order chi connectivity index (χ0) is 24.0. The number of rotatable bonds is 8. The maximum Gasteiger partial charge on any atom is 0.232 e. The van der Waals surface area contributed by atoms with Crippen LogP contribution in [-0.4, -0.2) is 23.2 Å². The number of carbonyl (C=O) groups excluding carboxylic acids is 1. The van der Waals surface area contributed by atoms with Crippen LogP contribution < -0.4 is 5.32 Å². The molecule has 0 saturated heterocycles. The molecule has 174 valence electrons. The second kappa shape index (κ2) is 10.7. The van der Waals surface area contributed by atoms with Crippen molar-refractivity contribution in [3.8, 4) is 11.3 Å². The largest absolute Gasteiger partial charge is 0.354 e. The Balaban J connectivity index is 1.32. The molecule has 0 aliphatic rings. The SMILES string of the molecule is Cc1ccc(-c2[nH]c3ccccc3c2SCCNC(=O)C(c2ccccc2)c2ccccc2)cc1. The maximum atomic E-state index is 13.3. The highest BCUT2D eigenvalue weighted by molar-refractivity contribution is 7.99. The average Bonchev–Trinajstić information content (AvgIpc) is 3.27. The predicted molar refractivity (Wildman–Crippen MR) is 147 cm³/mol. The van der Waals surface area contributed by atoms with Crippen LogP contribution >= 0.6 is 11.8 Å². The van der Waals surface area contributed by atoms with Crippen LogP contribution in [-0.2, 0) is 4.79 Å². The average molecular weight is 477 g/mol. The highest BCUT2D eigenvalue weighted by atomic mass is 32.2. The van der Waals surface area contributed by atoms with Crippen molar-refractivity contribution in [2.24, 2.45) is 0 Å². The summed E-state index contributed by atoms with van der Waals surface area (Å²) < 4.78 is 0. The van der Waals surface area contributed by atoms with Gasteiger partial charge in [-0.25, -0.2) is 0 Å². The Morgan fingerprint density at radius 3 is 2.06 bits per heavy atom. The van der Waals surface area contributed by atoms with Gasteiger partial charge in [0.15, 0.2) is 0 Å². The molecule has 0 saturated carbocycles. The number of nitrogens with one attached hydrogen (secondary N) is 2. The molecule has 1 amide bonds. The molecule has 1 aromatic heterocycles. The van der Waals surface area contributed by atoms with Crippen molar-refractivity contribution >= 4 is 28.6 Å². The molecule has 3 nitrogen and oxygen atoms in total. The maximum absolute atomic E-state index is 13.3. The van der Waals surface area contributed by atoms with Crippen LogP contribution in [0.25, 0.3) is 22.2 Å². The van der Waals surface area contributed by atoms with Crippen LogP contribution in [0.1, 0.15) is 22.6 Å². The van der Waals surface area contributed by atoms with E-state index in [1.165, 1.54) is 21.4 Å². The third kappa shape index (κ3) is 5.18. The van der Waals surface area contributed by atoms with Gasteiger partial charge in [0, 0.05) is 28.1 Å². The molecule has 4 aromatic carbocycles. The van der Waals surface area contributed by atoms with Gasteiger partial charge in [0.05, 0.1) is 11.6 Å². The standard InChI is InChI=1S/C31H28N2OS/c1-22-16-18-25(19-17-22)29-30(26-14-8-9-15-27(26)33-29)35-21-20-32-31(34)28(23-10-4-2-5-11-23)24-12-6-3-7-13-24/h2-19,28,33H,20-21H2,1H3,(H,32,34). The van der Waals surface area contributed by atoms with Gasteiger partial charge in [-0.3, -0.25) is 4.79 Å². The normalized spacial score (nSPS) is 11.1. The molecule has 1 heterocycles. The molecule has 2 N–H and O–H groups in total. The number of hydrogen-bond donors (Lipinski definition) is 2. The highest BCUT2D eigenvalue weighted by Crippen LogP contribution is 2.37. The Labute approximate surface area is 210 Å². The Hall–Kier alpha value is -3.76. The number of para-hydroxylation sites is 1. The van der Waals surface area contributed by atoms with E-state index in [4.69, 9.17) is 0 Å². The van der Waals surface area contributed by atoms with Gasteiger partial charge in [-0.2, -0.15) is 0 Å². The molecule has 5 aromatic rings. The number of carbonyl (C=O) groups is 1. The molecule has 0 bridgehead atoms. The Bertz CT molecular complexity index is 1370. The summed E-state index contributed by atoms with van der Waals surface area (Å²) in [5.41, 5.74) is 6.68. The molecule has 0 aliphatic heterocycles. The lowest BCUT2D eigenvalue weighted by atomic mass is 9.90. The van der Waals surface area contributed by atoms with Crippen molar-refractivity contribution in [1.29, 1.82) is 0 Å². The van der Waals surface area contributed by atoms with Gasteiger partial charge in [-0.1, -0.05) is 109 Å². The highest BCUT2D eigenvalue weighted by Gasteiger charge is 2.22. The Morgan fingerprint density at radius 2 is 1.40 bits per heavy atom. The minimum atomic E-state index is -0.321. The molecule has 0 radical (unpaired) electrons. The van der Waals surface area contributed by atoms with Gasteiger partial charge in [0.2, 0.25) is 5.91 Å². The summed E-state index contributed by atoms with van der Waals surface area (Å²) in [6, 6.07) is 37.0. The van der Waals surface area contributed by atoms with E-state index in [1.807, 2.05) is 60.7 Å². The molecule has 35 heavy (non-hydrogen) atoms. The molecular weight excluding hydrogens is 448 g/mol. The number of fused-ring (bicyclic) bond motifs is 1. The van der Waals surface area contributed by atoms with Gasteiger partial charge in [-0.15, -0.1) is 11.8 Å². The summed E-state index contributed by atoms with van der Waals surface area (Å²) in [4.78, 5) is 18.1. The van der Waals surface area contributed by atoms with Crippen LogP contribution in [0.3, 0.4) is 0 Å². The van der Waals surface area contributed by atoms with Crippen LogP contribution in [0, 0.1) is 6.92 Å². The first-order valence-corrected chi connectivity index (χ1v) is 12.9. The monoisotopic (exact) mass is 476 g/mol. The van der Waals surface area contributed by atoms with Crippen molar-refractivity contribution in [2.45, 2.75) is 17.7 Å². The number of hydrogen-bond acceptors (Lipinski definition) is 2. The van der Waals surface area contributed by atoms with Crippen LogP contribution in [0.15, 0.2) is 114 Å². The molecular formula is C31H28N2OS. The van der Waals surface area contributed by atoms with Crippen molar-refractivity contribution in [1.82, 2.24) is 10.3 Å². The lowest BCUT2D eigenvalue weighted by Crippen LogP contribution is -2.31. The molecule has 0 spiro atoms. The first kappa shape index (κ1) is 23.0. The molecule has 0 unspecified atom stereocenters. The number of aromatic nitrogens is 1. The smallest absolute Gasteiger partial charge is 0.232 e. The minimum Gasteiger partial charge on any atom is -0.354 e. The zero-order valence-corrected chi connectivity index (χ0v) is 20.5. The number of benzene rings is 4. The summed E-state index contributed by atoms with van der Waals surface area (Å²) in [7, 11) is 0. The van der Waals surface area contributed by atoms with Gasteiger partial charge in [0.1, 0.15) is 0 Å². The molecule has 0 aliphatic carbocycles. The van der Waals surface area contributed by atoms with Crippen molar-refractivity contribution in [3.63, 3.8) is 0 Å². The number of thioether (sulfide) groups is 1.